The van der Waals surface area contributed by atoms with Gasteiger partial charge in [0.05, 0.1) is 24.5 Å². The Morgan fingerprint density at radius 3 is 2.74 bits per heavy atom. The second-order valence-electron chi connectivity index (χ2n) is 13.0. The Balaban J connectivity index is 1.26. The molecule has 5 atom stereocenters. The summed E-state index contributed by atoms with van der Waals surface area (Å²) in [7, 11) is 0. The molecule has 42 heavy (non-hydrogen) atoms. The van der Waals surface area contributed by atoms with Crippen LogP contribution in [0.25, 0.3) is 0 Å². The average molecular weight is 578 g/mol. The number of hydrogen-bond acceptors (Lipinski definition) is 7. The predicted octanol–water partition coefficient (Wildman–Crippen LogP) is 4.57. The van der Waals surface area contributed by atoms with Gasteiger partial charge in [-0.05, 0) is 77.0 Å². The first-order valence-corrected chi connectivity index (χ1v) is 15.6. The third-order valence-electron chi connectivity index (χ3n) is 8.89. The minimum Gasteiger partial charge on any atom is -0.353 e. The van der Waals surface area contributed by atoms with E-state index in [0.717, 1.165) is 49.5 Å². The molecule has 3 N–H and O–H groups in total. The Labute approximate surface area is 250 Å². The SMILES string of the molecule is CC1=NC2C(=CC(C3=C(F)C=NC(NC4/C=C\C5=C(CCN(CC(=O)NC(C)C)C5)C(C)CC4)N3)=CC2C)N1C(C)C. The highest BCUT2D eigenvalue weighted by Crippen LogP contribution is 2.37. The molecule has 0 spiro atoms. The Morgan fingerprint density at radius 2 is 2.00 bits per heavy atom. The van der Waals surface area contributed by atoms with Crippen LogP contribution in [0.2, 0.25) is 0 Å². The molecule has 5 unspecified atom stereocenters. The molecule has 9 heteroatoms. The van der Waals surface area contributed by atoms with Gasteiger partial charge >= 0.3 is 0 Å². The second-order valence-corrected chi connectivity index (χ2v) is 13.0. The normalized spacial score (nSPS) is 30.8. The number of fused-ring (bicyclic) bond motifs is 1. The summed E-state index contributed by atoms with van der Waals surface area (Å²) in [6.45, 7) is 16.9. The van der Waals surface area contributed by atoms with Crippen LogP contribution in [0.1, 0.15) is 67.7 Å². The summed E-state index contributed by atoms with van der Waals surface area (Å²) < 4.78 is 15.2. The lowest BCUT2D eigenvalue weighted by Gasteiger charge is -2.34. The van der Waals surface area contributed by atoms with E-state index >= 15 is 4.39 Å². The molecule has 0 aromatic heterocycles. The molecular weight excluding hydrogens is 529 g/mol. The van der Waals surface area contributed by atoms with Crippen LogP contribution in [0.3, 0.4) is 0 Å². The number of amidine groups is 1. The minimum absolute atomic E-state index is 0.0764. The Morgan fingerprint density at radius 1 is 1.21 bits per heavy atom. The van der Waals surface area contributed by atoms with Crippen molar-refractivity contribution >= 4 is 18.0 Å². The van der Waals surface area contributed by atoms with Crippen molar-refractivity contribution in [1.29, 1.82) is 0 Å². The summed E-state index contributed by atoms with van der Waals surface area (Å²) in [5.74, 6) is 1.38. The molecule has 1 amide bonds. The first-order valence-electron chi connectivity index (χ1n) is 15.6. The fourth-order valence-corrected chi connectivity index (χ4v) is 6.93. The largest absolute Gasteiger partial charge is 0.353 e. The highest BCUT2D eigenvalue weighted by molar-refractivity contribution is 5.86. The van der Waals surface area contributed by atoms with E-state index in [1.165, 1.54) is 17.4 Å². The van der Waals surface area contributed by atoms with Crippen molar-refractivity contribution in [3.05, 3.63) is 58.2 Å². The van der Waals surface area contributed by atoms with Gasteiger partial charge in [0.25, 0.3) is 0 Å². The third kappa shape index (κ3) is 6.62. The Bertz CT molecular complexity index is 1290. The van der Waals surface area contributed by atoms with Gasteiger partial charge in [-0.1, -0.05) is 37.6 Å². The van der Waals surface area contributed by atoms with E-state index in [0.29, 0.717) is 18.2 Å². The van der Waals surface area contributed by atoms with Crippen LogP contribution in [0.15, 0.2) is 68.2 Å². The topological polar surface area (TPSA) is 84.4 Å². The van der Waals surface area contributed by atoms with Crippen LogP contribution in [0.5, 0.6) is 0 Å². The van der Waals surface area contributed by atoms with Gasteiger partial charge in [0, 0.05) is 42.8 Å². The molecule has 0 saturated carbocycles. The van der Waals surface area contributed by atoms with Gasteiger partial charge in [-0.3, -0.25) is 25.0 Å². The van der Waals surface area contributed by atoms with Gasteiger partial charge in [0.1, 0.15) is 5.84 Å². The number of nitrogens with one attached hydrogen (secondary N) is 3. The second kappa shape index (κ2) is 12.7. The molecule has 0 saturated heterocycles. The summed E-state index contributed by atoms with van der Waals surface area (Å²) in [4.78, 5) is 26.2. The van der Waals surface area contributed by atoms with Gasteiger partial charge in [0.2, 0.25) is 5.91 Å². The molecule has 0 bridgehead atoms. The summed E-state index contributed by atoms with van der Waals surface area (Å²) in [5.41, 5.74) is 5.28. The van der Waals surface area contributed by atoms with Crippen molar-refractivity contribution in [3.63, 3.8) is 0 Å². The number of halogens is 1. The van der Waals surface area contributed by atoms with Crippen molar-refractivity contribution in [2.45, 2.75) is 98.2 Å². The molecule has 3 heterocycles. The lowest BCUT2D eigenvalue weighted by atomic mass is 9.84. The zero-order valence-corrected chi connectivity index (χ0v) is 26.2. The van der Waals surface area contributed by atoms with E-state index in [-0.39, 0.29) is 41.8 Å². The predicted molar refractivity (Wildman–Crippen MR) is 169 cm³/mol. The van der Waals surface area contributed by atoms with Crippen molar-refractivity contribution in [1.82, 2.24) is 25.8 Å². The molecule has 5 rings (SSSR count). The molecule has 0 radical (unpaired) electrons. The smallest absolute Gasteiger partial charge is 0.234 e. The van der Waals surface area contributed by atoms with E-state index in [1.54, 1.807) is 0 Å². The molecule has 228 valence electrons. The number of rotatable bonds is 7. The van der Waals surface area contributed by atoms with Crippen molar-refractivity contribution in [2.24, 2.45) is 21.8 Å². The minimum atomic E-state index is -0.435. The summed E-state index contributed by atoms with van der Waals surface area (Å²) in [5, 5.41) is 9.97. The van der Waals surface area contributed by atoms with Gasteiger partial charge in [0.15, 0.2) is 12.1 Å². The number of nitrogens with zero attached hydrogens (tertiary/aromatic N) is 4. The number of carbonyl (C=O) groups excluding carboxylic acids is 1. The van der Waals surface area contributed by atoms with Crippen LogP contribution < -0.4 is 16.0 Å². The maximum absolute atomic E-state index is 15.2. The van der Waals surface area contributed by atoms with E-state index in [4.69, 9.17) is 4.99 Å². The van der Waals surface area contributed by atoms with Crippen molar-refractivity contribution in [2.75, 3.05) is 19.6 Å². The van der Waals surface area contributed by atoms with Crippen molar-refractivity contribution < 1.29 is 9.18 Å². The highest BCUT2D eigenvalue weighted by Gasteiger charge is 2.37. The molecule has 0 aromatic carbocycles. The number of carbonyl (C=O) groups is 1. The molecular formula is C33H48FN7O. The van der Waals surface area contributed by atoms with Gasteiger partial charge < -0.3 is 15.5 Å². The fraction of sp³-hybridized carbons (Fsp3) is 0.606. The van der Waals surface area contributed by atoms with Crippen molar-refractivity contribution in [3.8, 4) is 0 Å². The van der Waals surface area contributed by atoms with Crippen LogP contribution >= 0.6 is 0 Å². The summed E-state index contributed by atoms with van der Waals surface area (Å²) in [6, 6.07) is 0.588. The Kier molecular flexibility index (Phi) is 9.18. The van der Waals surface area contributed by atoms with Crippen LogP contribution in [0, 0.1) is 11.8 Å². The lowest BCUT2D eigenvalue weighted by molar-refractivity contribution is -0.122. The third-order valence-corrected chi connectivity index (χ3v) is 8.89. The first-order chi connectivity index (χ1) is 20.0. The number of hydrogen-bond donors (Lipinski definition) is 3. The highest BCUT2D eigenvalue weighted by atomic mass is 19.1. The number of amides is 1. The van der Waals surface area contributed by atoms with E-state index in [2.05, 4.69) is 82.7 Å². The van der Waals surface area contributed by atoms with Crippen LogP contribution in [-0.4, -0.2) is 77.8 Å². The Hall–Kier alpha value is -3.04. The van der Waals surface area contributed by atoms with Gasteiger partial charge in [-0.2, -0.15) is 0 Å². The number of allylic oxidation sites excluding steroid dienone is 2. The maximum atomic E-state index is 15.2. The van der Waals surface area contributed by atoms with E-state index in [1.807, 2.05) is 20.8 Å². The number of aliphatic imine (C=N–C) groups is 2. The van der Waals surface area contributed by atoms with Gasteiger partial charge in [-0.25, -0.2) is 4.39 Å². The fourth-order valence-electron chi connectivity index (χ4n) is 6.93. The van der Waals surface area contributed by atoms with E-state index < -0.39 is 6.29 Å². The molecule has 0 fully saturated rings. The zero-order chi connectivity index (χ0) is 30.1. The first kappa shape index (κ1) is 30.4. The monoisotopic (exact) mass is 577 g/mol. The van der Waals surface area contributed by atoms with E-state index in [9.17, 15) is 4.79 Å². The molecule has 3 aliphatic heterocycles. The van der Waals surface area contributed by atoms with Crippen LogP contribution in [0.4, 0.5) is 4.39 Å². The summed E-state index contributed by atoms with van der Waals surface area (Å²) >= 11 is 0. The lowest BCUT2D eigenvalue weighted by Crippen LogP contribution is -2.47. The molecule has 0 aromatic rings. The molecule has 8 nitrogen and oxygen atoms in total. The average Bonchev–Trinajstić information content (AvgIpc) is 3.26. The molecule has 2 aliphatic carbocycles. The maximum Gasteiger partial charge on any atom is 0.234 e. The summed E-state index contributed by atoms with van der Waals surface area (Å²) in [6.07, 6.45) is 12.6. The van der Waals surface area contributed by atoms with Gasteiger partial charge in [-0.15, -0.1) is 0 Å². The zero-order valence-electron chi connectivity index (χ0n) is 26.2. The standard InChI is InChI=1S/C33H48FN7O/c1-19(2)36-30(42)18-40-13-12-27-21(5)8-10-26(11-9-24(27)17-40)38-33-35-16-28(34)32(39-33)25-14-22(6)31-29(15-25)41(20(3)4)23(7)37-31/h9,11,14-16,19-22,26,31,33,38-39H,8,10,12-13,17-18H2,1-7H3,(H,36,42)/b11-9-. The molecule has 5 aliphatic rings. The van der Waals surface area contributed by atoms with Crippen LogP contribution in [-0.2, 0) is 4.79 Å². The quantitative estimate of drug-likeness (QED) is 0.413.